The Balaban J connectivity index is 1.82. The second kappa shape index (κ2) is 11.2. The van der Waals surface area contributed by atoms with Crippen LogP contribution in [0.25, 0.3) is 0 Å². The molecule has 5 nitrogen and oxygen atoms in total. The van der Waals surface area contributed by atoms with Crippen LogP contribution >= 0.6 is 0 Å². The van der Waals surface area contributed by atoms with E-state index in [0.29, 0.717) is 19.0 Å². The molecule has 2 unspecified atom stereocenters. The Morgan fingerprint density at radius 3 is 2.19 bits per heavy atom. The van der Waals surface area contributed by atoms with E-state index in [0.717, 1.165) is 17.7 Å². The molecule has 2 aromatic rings. The minimum absolute atomic E-state index is 0.0253. The first-order chi connectivity index (χ1) is 12.8. The number of guanidine groups is 1. The molecule has 2 aromatic carbocycles. The summed E-state index contributed by atoms with van der Waals surface area (Å²) in [6, 6.07) is 19.8. The fourth-order valence-electron chi connectivity index (χ4n) is 2.62. The Morgan fingerprint density at radius 1 is 1.00 bits per heavy atom. The van der Waals surface area contributed by atoms with Crippen molar-refractivity contribution in [2.75, 3.05) is 26.7 Å². The highest BCUT2D eigenvalue weighted by atomic mass is 16.5. The van der Waals surface area contributed by atoms with E-state index >= 15 is 0 Å². The van der Waals surface area contributed by atoms with E-state index in [1.807, 2.05) is 60.7 Å². The molecule has 0 radical (unpaired) electrons. The van der Waals surface area contributed by atoms with E-state index < -0.39 is 0 Å². The van der Waals surface area contributed by atoms with E-state index in [1.54, 1.807) is 7.05 Å². The summed E-state index contributed by atoms with van der Waals surface area (Å²) in [5.41, 5.74) is 1.11. The summed E-state index contributed by atoms with van der Waals surface area (Å²) in [7, 11) is 1.74. The third-order valence-corrected chi connectivity index (χ3v) is 4.23. The summed E-state index contributed by atoms with van der Waals surface area (Å²) >= 11 is 0. The number of hydrogen-bond donors (Lipinski definition) is 3. The normalized spacial score (nSPS) is 13.7. The predicted octanol–water partition coefficient (Wildman–Crippen LogP) is 2.79. The summed E-state index contributed by atoms with van der Waals surface area (Å²) in [6.07, 6.45) is 0.945. The highest BCUT2D eigenvalue weighted by Gasteiger charge is 2.12. The van der Waals surface area contributed by atoms with Crippen molar-refractivity contribution in [2.45, 2.75) is 25.4 Å². The Bertz CT molecular complexity index is 647. The van der Waals surface area contributed by atoms with Crippen molar-refractivity contribution in [3.8, 4) is 5.75 Å². The maximum atomic E-state index is 9.67. The number of rotatable bonds is 9. The van der Waals surface area contributed by atoms with Gasteiger partial charge in [0.2, 0.25) is 0 Å². The maximum absolute atomic E-state index is 9.67. The number of aliphatic hydroxyl groups excluding tert-OH is 1. The average Bonchev–Trinajstić information content (AvgIpc) is 2.71. The van der Waals surface area contributed by atoms with E-state index in [9.17, 15) is 5.11 Å². The molecule has 2 rings (SSSR count). The van der Waals surface area contributed by atoms with Crippen LogP contribution in [0.1, 0.15) is 24.8 Å². The zero-order valence-electron chi connectivity index (χ0n) is 15.6. The molecule has 3 N–H and O–H groups in total. The van der Waals surface area contributed by atoms with Crippen molar-refractivity contribution in [1.29, 1.82) is 0 Å². The van der Waals surface area contributed by atoms with Gasteiger partial charge in [0.1, 0.15) is 11.9 Å². The molecule has 5 heteroatoms. The molecule has 0 aliphatic carbocycles. The van der Waals surface area contributed by atoms with Crippen LogP contribution in [0, 0.1) is 0 Å². The molecule has 0 aromatic heterocycles. The van der Waals surface area contributed by atoms with E-state index in [-0.39, 0.29) is 18.6 Å². The van der Waals surface area contributed by atoms with Crippen LogP contribution in [0.5, 0.6) is 5.75 Å². The minimum atomic E-state index is 0.0253. The van der Waals surface area contributed by atoms with Crippen molar-refractivity contribution < 1.29 is 9.84 Å². The third-order valence-electron chi connectivity index (χ3n) is 4.23. The summed E-state index contributed by atoms with van der Waals surface area (Å²) in [5.74, 6) is 1.60. The van der Waals surface area contributed by atoms with Gasteiger partial charge < -0.3 is 20.5 Å². The Hall–Kier alpha value is -2.53. The van der Waals surface area contributed by atoms with Crippen LogP contribution in [-0.2, 0) is 0 Å². The van der Waals surface area contributed by atoms with Gasteiger partial charge in [-0.3, -0.25) is 4.99 Å². The molecular formula is C21H29N3O2. The summed E-state index contributed by atoms with van der Waals surface area (Å²) in [6.45, 7) is 3.45. The standard InChI is InChI=1S/C21H29N3O2/c1-3-19(26-20-12-8-5-9-13-20)15-24-21(22-2)23-14-18(16-25)17-10-6-4-7-11-17/h4-13,18-19,25H,3,14-16H2,1-2H3,(H2,22,23,24). The predicted molar refractivity (Wildman–Crippen MR) is 107 cm³/mol. The van der Waals surface area contributed by atoms with Crippen LogP contribution in [0.3, 0.4) is 0 Å². The zero-order valence-corrected chi connectivity index (χ0v) is 15.6. The zero-order chi connectivity index (χ0) is 18.6. The molecule has 0 saturated carbocycles. The lowest BCUT2D eigenvalue weighted by atomic mass is 10.0. The molecule has 0 amide bonds. The highest BCUT2D eigenvalue weighted by Crippen LogP contribution is 2.14. The number of aliphatic hydroxyl groups is 1. The lowest BCUT2D eigenvalue weighted by Crippen LogP contribution is -2.44. The third kappa shape index (κ3) is 6.41. The molecule has 0 fully saturated rings. The van der Waals surface area contributed by atoms with Crippen molar-refractivity contribution in [2.24, 2.45) is 4.99 Å². The van der Waals surface area contributed by atoms with Crippen LogP contribution in [0.15, 0.2) is 65.7 Å². The van der Waals surface area contributed by atoms with E-state index in [1.165, 1.54) is 0 Å². The van der Waals surface area contributed by atoms with Crippen LogP contribution < -0.4 is 15.4 Å². The molecule has 2 atom stereocenters. The quantitative estimate of drug-likeness (QED) is 0.478. The largest absolute Gasteiger partial charge is 0.489 e. The monoisotopic (exact) mass is 355 g/mol. The second-order valence-corrected chi connectivity index (χ2v) is 6.09. The number of para-hydroxylation sites is 1. The highest BCUT2D eigenvalue weighted by molar-refractivity contribution is 5.79. The van der Waals surface area contributed by atoms with E-state index in [4.69, 9.17) is 4.74 Å². The number of ether oxygens (including phenoxy) is 1. The van der Waals surface area contributed by atoms with Gasteiger partial charge in [-0.2, -0.15) is 0 Å². The molecule has 0 saturated heterocycles. The van der Waals surface area contributed by atoms with Crippen molar-refractivity contribution in [3.05, 3.63) is 66.2 Å². The van der Waals surface area contributed by atoms with Gasteiger partial charge in [0.25, 0.3) is 0 Å². The van der Waals surface area contributed by atoms with Crippen LogP contribution in [-0.4, -0.2) is 43.9 Å². The maximum Gasteiger partial charge on any atom is 0.191 e. The summed E-state index contributed by atoms with van der Waals surface area (Å²) in [5, 5.41) is 16.3. The molecule has 0 spiro atoms. The molecule has 26 heavy (non-hydrogen) atoms. The number of hydrogen-bond acceptors (Lipinski definition) is 3. The van der Waals surface area contributed by atoms with Crippen LogP contribution in [0.4, 0.5) is 0 Å². The topological polar surface area (TPSA) is 65.9 Å². The first-order valence-corrected chi connectivity index (χ1v) is 9.08. The van der Waals surface area contributed by atoms with Gasteiger partial charge in [-0.05, 0) is 24.1 Å². The Labute approximate surface area is 156 Å². The first-order valence-electron chi connectivity index (χ1n) is 9.08. The number of aliphatic imine (C=N–C) groups is 1. The SMILES string of the molecule is CCC(CNC(=NC)NCC(CO)c1ccccc1)Oc1ccccc1. The lowest BCUT2D eigenvalue weighted by molar-refractivity contribution is 0.199. The van der Waals surface area contributed by atoms with Crippen molar-refractivity contribution in [3.63, 3.8) is 0 Å². The smallest absolute Gasteiger partial charge is 0.191 e. The van der Waals surface area contributed by atoms with Crippen LogP contribution in [0.2, 0.25) is 0 Å². The van der Waals surface area contributed by atoms with Gasteiger partial charge in [-0.25, -0.2) is 0 Å². The molecule has 0 aliphatic rings. The second-order valence-electron chi connectivity index (χ2n) is 6.09. The number of nitrogens with one attached hydrogen (secondary N) is 2. The number of nitrogens with zero attached hydrogens (tertiary/aromatic N) is 1. The van der Waals surface area contributed by atoms with Gasteiger partial charge in [0.15, 0.2) is 5.96 Å². The molecule has 140 valence electrons. The molecule has 0 aliphatic heterocycles. The molecule has 0 bridgehead atoms. The van der Waals surface area contributed by atoms with Gasteiger partial charge in [0.05, 0.1) is 13.2 Å². The number of benzene rings is 2. The lowest BCUT2D eigenvalue weighted by Gasteiger charge is -2.21. The first kappa shape index (κ1) is 19.8. The molecular weight excluding hydrogens is 326 g/mol. The van der Waals surface area contributed by atoms with E-state index in [2.05, 4.69) is 22.5 Å². The summed E-state index contributed by atoms with van der Waals surface area (Å²) < 4.78 is 5.99. The van der Waals surface area contributed by atoms with Crippen molar-refractivity contribution in [1.82, 2.24) is 10.6 Å². The Morgan fingerprint density at radius 2 is 1.62 bits per heavy atom. The van der Waals surface area contributed by atoms with Gasteiger partial charge in [0, 0.05) is 19.5 Å². The molecule has 0 heterocycles. The Kier molecular flexibility index (Phi) is 8.49. The van der Waals surface area contributed by atoms with Gasteiger partial charge >= 0.3 is 0 Å². The summed E-state index contributed by atoms with van der Waals surface area (Å²) in [4.78, 5) is 4.26. The van der Waals surface area contributed by atoms with Crippen molar-refractivity contribution >= 4 is 5.96 Å². The van der Waals surface area contributed by atoms with Gasteiger partial charge in [-0.15, -0.1) is 0 Å². The minimum Gasteiger partial charge on any atom is -0.489 e. The average molecular weight is 355 g/mol. The fourth-order valence-corrected chi connectivity index (χ4v) is 2.62. The van der Waals surface area contributed by atoms with Gasteiger partial charge in [-0.1, -0.05) is 55.5 Å². The fraction of sp³-hybridized carbons (Fsp3) is 0.381.